The highest BCUT2D eigenvalue weighted by Gasteiger charge is 2.31. The second kappa shape index (κ2) is 7.07. The summed E-state index contributed by atoms with van der Waals surface area (Å²) >= 11 is 7.64. The van der Waals surface area contributed by atoms with Gasteiger partial charge in [-0.2, -0.15) is 13.2 Å². The van der Waals surface area contributed by atoms with Crippen molar-refractivity contribution in [1.29, 1.82) is 0 Å². The molecule has 2 aromatic carbocycles. The number of nitrogens with one attached hydrogen (secondary N) is 1. The highest BCUT2D eigenvalue weighted by atomic mass is 35.5. The first kappa shape index (κ1) is 18.7. The number of aromatic nitrogens is 2. The van der Waals surface area contributed by atoms with Gasteiger partial charge in [-0.1, -0.05) is 41.9 Å². The van der Waals surface area contributed by atoms with Crippen LogP contribution in [0.15, 0.2) is 54.9 Å². The van der Waals surface area contributed by atoms with Gasteiger partial charge in [0.05, 0.1) is 21.7 Å². The molecular formula is C20H13ClF3N3S. The smallest absolute Gasteiger partial charge is 0.338 e. The Labute approximate surface area is 167 Å². The Morgan fingerprint density at radius 3 is 2.50 bits per heavy atom. The standard InChI is InChI=1S/C20H13ClF3N3S/c1-11-16(12-5-3-2-4-6-12)17-18(25-10-26-19(17)28-11)27-15-9-13(20(22,23)24)7-8-14(15)21/h2-10H,1H3,(H,25,26,27). The molecular weight excluding hydrogens is 407 g/mol. The summed E-state index contributed by atoms with van der Waals surface area (Å²) < 4.78 is 39.3. The molecule has 0 radical (unpaired) electrons. The number of benzene rings is 2. The van der Waals surface area contributed by atoms with Crippen LogP contribution in [0, 0.1) is 6.92 Å². The number of thiophene rings is 1. The maximum atomic E-state index is 13.1. The molecule has 0 spiro atoms. The molecule has 0 saturated carbocycles. The van der Waals surface area contributed by atoms with Crippen LogP contribution in [-0.2, 0) is 6.18 Å². The van der Waals surface area contributed by atoms with Gasteiger partial charge in [0, 0.05) is 10.4 Å². The van der Waals surface area contributed by atoms with Crippen molar-refractivity contribution in [2.24, 2.45) is 0 Å². The molecule has 0 amide bonds. The van der Waals surface area contributed by atoms with E-state index in [0.29, 0.717) is 5.82 Å². The number of aryl methyl sites for hydroxylation is 1. The van der Waals surface area contributed by atoms with Gasteiger partial charge in [0.15, 0.2) is 0 Å². The van der Waals surface area contributed by atoms with E-state index in [9.17, 15) is 13.2 Å². The third-order valence-corrected chi connectivity index (χ3v) is 5.62. The van der Waals surface area contributed by atoms with Crippen molar-refractivity contribution in [3.05, 3.63) is 70.3 Å². The molecule has 0 aliphatic carbocycles. The fourth-order valence-corrected chi connectivity index (χ4v) is 4.19. The zero-order valence-electron chi connectivity index (χ0n) is 14.5. The van der Waals surface area contributed by atoms with E-state index in [1.165, 1.54) is 23.7 Å². The van der Waals surface area contributed by atoms with Gasteiger partial charge in [0.25, 0.3) is 0 Å². The topological polar surface area (TPSA) is 37.8 Å². The number of alkyl halides is 3. The van der Waals surface area contributed by atoms with Gasteiger partial charge in [0.2, 0.25) is 0 Å². The average Bonchev–Trinajstić information content (AvgIpc) is 3.00. The summed E-state index contributed by atoms with van der Waals surface area (Å²) in [5, 5.41) is 3.90. The molecule has 0 unspecified atom stereocenters. The van der Waals surface area contributed by atoms with E-state index in [4.69, 9.17) is 11.6 Å². The molecule has 2 heterocycles. The van der Waals surface area contributed by atoms with Crippen molar-refractivity contribution in [2.75, 3.05) is 5.32 Å². The fraction of sp³-hybridized carbons (Fsp3) is 0.100. The summed E-state index contributed by atoms with van der Waals surface area (Å²) in [6.07, 6.45) is -3.08. The largest absolute Gasteiger partial charge is 0.416 e. The van der Waals surface area contributed by atoms with Gasteiger partial charge in [0.1, 0.15) is 17.0 Å². The van der Waals surface area contributed by atoms with E-state index < -0.39 is 11.7 Å². The second-order valence-electron chi connectivity index (χ2n) is 6.12. The Kier molecular flexibility index (Phi) is 4.72. The Morgan fingerprint density at radius 2 is 1.79 bits per heavy atom. The highest BCUT2D eigenvalue weighted by molar-refractivity contribution is 7.19. The SMILES string of the molecule is Cc1sc2ncnc(Nc3cc(C(F)(F)F)ccc3Cl)c2c1-c1ccccc1. The maximum absolute atomic E-state index is 13.1. The molecule has 2 aromatic heterocycles. The van der Waals surface area contributed by atoms with Crippen molar-refractivity contribution >= 4 is 44.7 Å². The minimum atomic E-state index is -4.46. The van der Waals surface area contributed by atoms with Crippen LogP contribution in [0.5, 0.6) is 0 Å². The van der Waals surface area contributed by atoms with Crippen molar-refractivity contribution in [3.63, 3.8) is 0 Å². The molecule has 0 fully saturated rings. The molecule has 28 heavy (non-hydrogen) atoms. The molecule has 142 valence electrons. The normalized spacial score (nSPS) is 11.8. The molecule has 8 heteroatoms. The van der Waals surface area contributed by atoms with E-state index >= 15 is 0 Å². The number of hydrogen-bond donors (Lipinski definition) is 1. The number of nitrogens with zero attached hydrogens (tertiary/aromatic N) is 2. The van der Waals surface area contributed by atoms with Crippen LogP contribution >= 0.6 is 22.9 Å². The van der Waals surface area contributed by atoms with Crippen molar-refractivity contribution in [1.82, 2.24) is 9.97 Å². The van der Waals surface area contributed by atoms with Crippen molar-refractivity contribution in [2.45, 2.75) is 13.1 Å². The van der Waals surface area contributed by atoms with E-state index in [1.54, 1.807) is 0 Å². The summed E-state index contributed by atoms with van der Waals surface area (Å²) in [4.78, 5) is 10.4. The van der Waals surface area contributed by atoms with Crippen molar-refractivity contribution in [3.8, 4) is 11.1 Å². The molecule has 3 nitrogen and oxygen atoms in total. The number of anilines is 2. The van der Waals surface area contributed by atoms with E-state index in [0.717, 1.165) is 38.4 Å². The van der Waals surface area contributed by atoms with E-state index in [-0.39, 0.29) is 10.7 Å². The molecule has 0 atom stereocenters. The minimum Gasteiger partial charge on any atom is -0.338 e. The lowest BCUT2D eigenvalue weighted by atomic mass is 10.0. The van der Waals surface area contributed by atoms with Gasteiger partial charge in [-0.05, 0) is 30.7 Å². The summed E-state index contributed by atoms with van der Waals surface area (Å²) in [5.41, 5.74) is 1.29. The van der Waals surface area contributed by atoms with Gasteiger partial charge >= 0.3 is 6.18 Å². The highest BCUT2D eigenvalue weighted by Crippen LogP contribution is 2.42. The fourth-order valence-electron chi connectivity index (χ4n) is 3.02. The zero-order valence-corrected chi connectivity index (χ0v) is 16.1. The maximum Gasteiger partial charge on any atom is 0.416 e. The predicted molar refractivity (Wildman–Crippen MR) is 107 cm³/mol. The van der Waals surface area contributed by atoms with Crippen LogP contribution < -0.4 is 5.32 Å². The molecule has 0 saturated heterocycles. The van der Waals surface area contributed by atoms with E-state index in [1.807, 2.05) is 37.3 Å². The predicted octanol–water partition coefficient (Wildman–Crippen LogP) is 7.08. The summed E-state index contributed by atoms with van der Waals surface area (Å²) in [6.45, 7) is 1.98. The molecule has 0 aliphatic heterocycles. The monoisotopic (exact) mass is 419 g/mol. The molecule has 1 N–H and O–H groups in total. The quantitative estimate of drug-likeness (QED) is 0.385. The lowest BCUT2D eigenvalue weighted by Gasteiger charge is -2.13. The number of hydrogen-bond acceptors (Lipinski definition) is 4. The first-order chi connectivity index (χ1) is 13.3. The Morgan fingerprint density at radius 1 is 1.04 bits per heavy atom. The van der Waals surface area contributed by atoms with Crippen LogP contribution in [-0.4, -0.2) is 9.97 Å². The number of rotatable bonds is 3. The lowest BCUT2D eigenvalue weighted by Crippen LogP contribution is -2.06. The van der Waals surface area contributed by atoms with Crippen LogP contribution in [0.1, 0.15) is 10.4 Å². The molecule has 4 rings (SSSR count). The molecule has 0 aliphatic rings. The van der Waals surface area contributed by atoms with Crippen LogP contribution in [0.2, 0.25) is 5.02 Å². The first-order valence-corrected chi connectivity index (χ1v) is 9.47. The van der Waals surface area contributed by atoms with Gasteiger partial charge in [-0.3, -0.25) is 0 Å². The van der Waals surface area contributed by atoms with Gasteiger partial charge in [-0.15, -0.1) is 11.3 Å². The second-order valence-corrected chi connectivity index (χ2v) is 7.73. The van der Waals surface area contributed by atoms with E-state index in [2.05, 4.69) is 15.3 Å². The average molecular weight is 420 g/mol. The van der Waals surface area contributed by atoms with Gasteiger partial charge in [-0.25, -0.2) is 9.97 Å². The first-order valence-electron chi connectivity index (χ1n) is 8.28. The number of halogens is 4. The molecule has 0 bridgehead atoms. The van der Waals surface area contributed by atoms with Gasteiger partial charge < -0.3 is 5.32 Å². The Hall–Kier alpha value is -2.64. The van der Waals surface area contributed by atoms with Crippen molar-refractivity contribution < 1.29 is 13.2 Å². The van der Waals surface area contributed by atoms with Crippen LogP contribution in [0.3, 0.4) is 0 Å². The lowest BCUT2D eigenvalue weighted by molar-refractivity contribution is -0.137. The minimum absolute atomic E-state index is 0.138. The summed E-state index contributed by atoms with van der Waals surface area (Å²) in [5.74, 6) is 0.412. The Bertz CT molecular complexity index is 1160. The third-order valence-electron chi connectivity index (χ3n) is 4.27. The third kappa shape index (κ3) is 3.43. The van der Waals surface area contributed by atoms with Crippen LogP contribution in [0.25, 0.3) is 21.3 Å². The van der Waals surface area contributed by atoms with Crippen LogP contribution in [0.4, 0.5) is 24.7 Å². The summed E-state index contributed by atoms with van der Waals surface area (Å²) in [6, 6.07) is 12.9. The zero-order chi connectivity index (χ0) is 19.9. The number of fused-ring (bicyclic) bond motifs is 1. The summed E-state index contributed by atoms with van der Waals surface area (Å²) in [7, 11) is 0. The Balaban J connectivity index is 1.87. The molecule has 4 aromatic rings.